The van der Waals surface area contributed by atoms with Gasteiger partial charge in [-0.15, -0.1) is 0 Å². The number of carbonyl (C=O) groups is 1. The first kappa shape index (κ1) is 21.9. The van der Waals surface area contributed by atoms with Crippen LogP contribution in [0, 0.1) is 0 Å². The van der Waals surface area contributed by atoms with Crippen molar-refractivity contribution in [1.82, 2.24) is 0 Å². The molecule has 0 amide bonds. The summed E-state index contributed by atoms with van der Waals surface area (Å²) >= 11 is 0. The molecule has 0 aromatic heterocycles. The summed E-state index contributed by atoms with van der Waals surface area (Å²) in [5, 5.41) is 0. The maximum absolute atomic E-state index is 11.0. The number of rotatable bonds is 11. The first-order chi connectivity index (χ1) is 8.45. The fraction of sp³-hybridized carbons (Fsp3) is 0.917. The normalized spacial score (nSPS) is 10.9. The van der Waals surface area contributed by atoms with Crippen molar-refractivity contribution in [1.29, 1.82) is 0 Å². The van der Waals surface area contributed by atoms with Gasteiger partial charge in [-0.05, 0) is 6.42 Å². The van der Waals surface area contributed by atoms with Gasteiger partial charge in [-0.25, -0.2) is 4.57 Å². The molecule has 0 saturated heterocycles. The van der Waals surface area contributed by atoms with Crippen molar-refractivity contribution in [3.8, 4) is 0 Å². The molecule has 0 aliphatic carbocycles. The van der Waals surface area contributed by atoms with E-state index >= 15 is 0 Å². The van der Waals surface area contributed by atoms with Crippen molar-refractivity contribution < 1.29 is 23.7 Å². The number of phosphoric acid groups is 1. The van der Waals surface area contributed by atoms with Crippen molar-refractivity contribution in [3.05, 3.63) is 0 Å². The quantitative estimate of drug-likeness (QED) is 0.348. The van der Waals surface area contributed by atoms with Gasteiger partial charge < -0.3 is 4.52 Å². The number of hydrogen-bond donors (Lipinski definition) is 2. The van der Waals surface area contributed by atoms with Crippen LogP contribution in [-0.2, 0) is 13.9 Å². The summed E-state index contributed by atoms with van der Waals surface area (Å²) in [5.41, 5.74) is 0. The van der Waals surface area contributed by atoms with E-state index in [1.165, 1.54) is 32.1 Å². The summed E-state index contributed by atoms with van der Waals surface area (Å²) in [6.45, 7) is 2.19. The molecule has 19 heavy (non-hydrogen) atoms. The summed E-state index contributed by atoms with van der Waals surface area (Å²) in [5.74, 6) is -0.814. The van der Waals surface area contributed by atoms with Crippen molar-refractivity contribution in [2.24, 2.45) is 0 Å². The molecule has 2 N–H and O–H groups in total. The molecule has 0 fully saturated rings. The third-order valence-corrected chi connectivity index (χ3v) is 3.15. The van der Waals surface area contributed by atoms with Crippen molar-refractivity contribution in [2.75, 3.05) is 0 Å². The van der Waals surface area contributed by atoms with Crippen molar-refractivity contribution in [3.63, 3.8) is 0 Å². The van der Waals surface area contributed by atoms with Crippen LogP contribution < -0.4 is 0 Å². The molecule has 0 aromatic rings. The van der Waals surface area contributed by atoms with Crippen LogP contribution in [0.4, 0.5) is 0 Å². The van der Waals surface area contributed by atoms with E-state index in [0.29, 0.717) is 6.42 Å². The predicted molar refractivity (Wildman–Crippen MR) is 77.1 cm³/mol. The van der Waals surface area contributed by atoms with Gasteiger partial charge in [0.1, 0.15) is 0 Å². The Balaban J connectivity index is 0. The Hall–Kier alpha value is 0.620. The second-order valence-electron chi connectivity index (χ2n) is 4.53. The molecule has 0 unspecified atom stereocenters. The molecule has 0 atom stereocenters. The number of hydrogen-bond acceptors (Lipinski definition) is 3. The van der Waals surface area contributed by atoms with Crippen LogP contribution in [0.3, 0.4) is 0 Å². The van der Waals surface area contributed by atoms with Gasteiger partial charge in [0, 0.05) is 6.42 Å². The van der Waals surface area contributed by atoms with E-state index in [9.17, 15) is 9.36 Å². The van der Waals surface area contributed by atoms with Gasteiger partial charge in [0.2, 0.25) is 0 Å². The summed E-state index contributed by atoms with van der Waals surface area (Å²) in [4.78, 5) is 27.8. The molecule has 7 heteroatoms. The zero-order valence-corrected chi connectivity index (χ0v) is 12.0. The minimum atomic E-state index is -4.65. The fourth-order valence-corrected chi connectivity index (χ4v) is 2.11. The Kier molecular flexibility index (Phi) is 15.7. The van der Waals surface area contributed by atoms with Gasteiger partial charge in [0.25, 0.3) is 0 Å². The molecule has 0 aliphatic heterocycles. The molecule has 0 rings (SSSR count). The van der Waals surface area contributed by atoms with Crippen LogP contribution in [-0.4, -0.2) is 45.3 Å². The average Bonchev–Trinajstić information content (AvgIpc) is 2.24. The van der Waals surface area contributed by atoms with E-state index in [1.807, 2.05) is 0 Å². The number of unbranched alkanes of at least 4 members (excludes halogenated alkanes) is 8. The van der Waals surface area contributed by atoms with E-state index in [-0.39, 0.29) is 36.0 Å². The molecule has 0 bridgehead atoms. The second kappa shape index (κ2) is 13.6. The zero-order chi connectivity index (χ0) is 13.9. The summed E-state index contributed by atoms with van der Waals surface area (Å²) in [6.07, 6.45) is 10.2. The Labute approximate surface area is 138 Å². The van der Waals surface area contributed by atoms with E-state index in [1.54, 1.807) is 0 Å². The average molecular weight is 304 g/mol. The van der Waals surface area contributed by atoms with Gasteiger partial charge in [0.15, 0.2) is 0 Å². The molecule has 0 aliphatic rings. The van der Waals surface area contributed by atoms with E-state index < -0.39 is 13.8 Å². The fourth-order valence-electron chi connectivity index (χ4n) is 1.76. The molecule has 5 nitrogen and oxygen atoms in total. The van der Waals surface area contributed by atoms with Gasteiger partial charge in [-0.1, -0.05) is 58.3 Å². The summed E-state index contributed by atoms with van der Waals surface area (Å²) in [7, 11) is -4.65. The van der Waals surface area contributed by atoms with Crippen molar-refractivity contribution in [2.45, 2.75) is 71.1 Å². The maximum atomic E-state index is 11.0. The Morgan fingerprint density at radius 2 is 1.37 bits per heavy atom. The monoisotopic (exact) mass is 304 g/mol. The second-order valence-corrected chi connectivity index (χ2v) is 5.70. The number of carbonyl (C=O) groups excluding carboxylic acids is 1. The topological polar surface area (TPSA) is 83.8 Å². The SMILES string of the molecule is CCCCCCCCCCCC(=O)OP(=O)(O)O.[NaH]. The van der Waals surface area contributed by atoms with Gasteiger partial charge in [-0.3, -0.25) is 14.6 Å². The summed E-state index contributed by atoms with van der Waals surface area (Å²) < 4.78 is 14.3. The first-order valence-corrected chi connectivity index (χ1v) is 8.26. The van der Waals surface area contributed by atoms with Gasteiger partial charge in [0.05, 0.1) is 0 Å². The standard InChI is InChI=1S/C12H25O5P.Na.H/c1-2-3-4-5-6-7-8-9-10-11-12(13)17-18(14,15)16;;/h2-11H2,1H3,(H2,14,15,16);;. The Bertz CT molecular complexity index is 267. The van der Waals surface area contributed by atoms with Crippen LogP contribution >= 0.6 is 7.82 Å². The summed E-state index contributed by atoms with van der Waals surface area (Å²) in [6, 6.07) is 0. The molecule has 0 heterocycles. The number of phosphoric ester groups is 1. The Morgan fingerprint density at radius 3 is 1.79 bits per heavy atom. The molecular formula is C12H26NaO5P. The zero-order valence-electron chi connectivity index (χ0n) is 11.1. The van der Waals surface area contributed by atoms with Crippen LogP contribution in [0.1, 0.15) is 71.1 Å². The third-order valence-electron chi connectivity index (χ3n) is 2.71. The molecule has 0 aromatic carbocycles. The molecule has 110 valence electrons. The van der Waals surface area contributed by atoms with E-state index in [2.05, 4.69) is 11.4 Å². The molecule has 0 saturated carbocycles. The molecular weight excluding hydrogens is 278 g/mol. The van der Waals surface area contributed by atoms with Crippen LogP contribution in [0.15, 0.2) is 0 Å². The van der Waals surface area contributed by atoms with Crippen LogP contribution in [0.5, 0.6) is 0 Å². The van der Waals surface area contributed by atoms with Crippen LogP contribution in [0.2, 0.25) is 0 Å². The van der Waals surface area contributed by atoms with E-state index in [4.69, 9.17) is 9.79 Å². The molecule has 0 spiro atoms. The first-order valence-electron chi connectivity index (χ1n) is 6.73. The van der Waals surface area contributed by atoms with Crippen LogP contribution in [0.25, 0.3) is 0 Å². The Morgan fingerprint density at radius 1 is 0.947 bits per heavy atom. The van der Waals surface area contributed by atoms with Gasteiger partial charge in [-0.2, -0.15) is 0 Å². The van der Waals surface area contributed by atoms with Gasteiger partial charge >= 0.3 is 43.3 Å². The third kappa shape index (κ3) is 18.6. The minimum absolute atomic E-state index is 0. The molecule has 0 radical (unpaired) electrons. The van der Waals surface area contributed by atoms with Crippen molar-refractivity contribution >= 4 is 43.3 Å². The predicted octanol–water partition coefficient (Wildman–Crippen LogP) is 2.89. The van der Waals surface area contributed by atoms with E-state index in [0.717, 1.165) is 19.3 Å².